The molecule has 8 heteroatoms. The molecule has 0 amide bonds. The number of aryl methyl sites for hydroxylation is 1. The van der Waals surface area contributed by atoms with Gasteiger partial charge in [-0.25, -0.2) is 4.98 Å². The van der Waals surface area contributed by atoms with Gasteiger partial charge < -0.3 is 14.8 Å². The number of rotatable bonds is 4. The van der Waals surface area contributed by atoms with Gasteiger partial charge in [0.2, 0.25) is 5.82 Å². The Morgan fingerprint density at radius 2 is 1.78 bits per heavy atom. The molecule has 0 unspecified atom stereocenters. The van der Waals surface area contributed by atoms with E-state index in [2.05, 4.69) is 34.1 Å². The summed E-state index contributed by atoms with van der Waals surface area (Å²) in [5.41, 5.74) is 10.5. The minimum absolute atomic E-state index is 0. The monoisotopic (exact) mass is 385 g/mol. The average Bonchev–Trinajstić information content (AvgIpc) is 3.28. The Labute approximate surface area is 162 Å². The summed E-state index contributed by atoms with van der Waals surface area (Å²) in [5, 5.41) is 8.95. The van der Waals surface area contributed by atoms with Gasteiger partial charge in [0.25, 0.3) is 11.6 Å². The number of hydrogen-bond donors (Lipinski definition) is 1. The standard InChI is InChI=1S/C19H19N5O2.ClH/c1-10(2)15-8-14(16-11(3)23-26-19(16)21-15)18-22-17(24-25-18)13-6-4-12(9-20)5-7-13;/h4-8,10H,9,20H2,1-3H3;1H. The number of hydrogen-bond acceptors (Lipinski definition) is 7. The smallest absolute Gasteiger partial charge is 0.259 e. The highest BCUT2D eigenvalue weighted by Gasteiger charge is 2.20. The second-order valence-electron chi connectivity index (χ2n) is 6.52. The van der Waals surface area contributed by atoms with E-state index in [9.17, 15) is 0 Å². The highest BCUT2D eigenvalue weighted by atomic mass is 35.5. The fourth-order valence-electron chi connectivity index (χ4n) is 2.82. The van der Waals surface area contributed by atoms with Gasteiger partial charge in [-0.05, 0) is 24.5 Å². The molecule has 1 aromatic carbocycles. The predicted octanol–water partition coefficient (Wildman–Crippen LogP) is 4.25. The van der Waals surface area contributed by atoms with Crippen LogP contribution >= 0.6 is 12.4 Å². The van der Waals surface area contributed by atoms with Crippen molar-refractivity contribution in [1.82, 2.24) is 20.3 Å². The van der Waals surface area contributed by atoms with Crippen molar-refractivity contribution in [3.8, 4) is 22.8 Å². The van der Waals surface area contributed by atoms with Gasteiger partial charge in [-0.3, -0.25) is 0 Å². The van der Waals surface area contributed by atoms with Gasteiger partial charge in [-0.15, -0.1) is 12.4 Å². The molecular formula is C19H20ClN5O2. The molecule has 2 N–H and O–H groups in total. The molecule has 4 rings (SSSR count). The van der Waals surface area contributed by atoms with Crippen molar-refractivity contribution in [2.45, 2.75) is 33.2 Å². The lowest BCUT2D eigenvalue weighted by atomic mass is 10.0. The van der Waals surface area contributed by atoms with Crippen LogP contribution in [0.5, 0.6) is 0 Å². The number of pyridine rings is 1. The van der Waals surface area contributed by atoms with E-state index in [4.69, 9.17) is 14.8 Å². The molecule has 27 heavy (non-hydrogen) atoms. The first-order valence-electron chi connectivity index (χ1n) is 8.47. The van der Waals surface area contributed by atoms with Crippen molar-refractivity contribution >= 4 is 23.5 Å². The van der Waals surface area contributed by atoms with Crippen molar-refractivity contribution < 1.29 is 9.05 Å². The Bertz CT molecular complexity index is 1070. The molecule has 0 spiro atoms. The second-order valence-corrected chi connectivity index (χ2v) is 6.52. The molecule has 0 aliphatic carbocycles. The Hall–Kier alpha value is -2.77. The summed E-state index contributed by atoms with van der Waals surface area (Å²) in [6.45, 7) is 6.51. The molecular weight excluding hydrogens is 366 g/mol. The Balaban J connectivity index is 0.00000210. The van der Waals surface area contributed by atoms with E-state index in [1.165, 1.54) is 0 Å². The zero-order valence-electron chi connectivity index (χ0n) is 15.3. The van der Waals surface area contributed by atoms with Gasteiger partial charge in [-0.1, -0.05) is 48.4 Å². The molecule has 0 atom stereocenters. The van der Waals surface area contributed by atoms with Crippen LogP contribution in [0.4, 0.5) is 0 Å². The van der Waals surface area contributed by atoms with Crippen molar-refractivity contribution in [3.05, 3.63) is 47.3 Å². The van der Waals surface area contributed by atoms with Gasteiger partial charge in [0.15, 0.2) is 0 Å². The molecule has 3 heterocycles. The van der Waals surface area contributed by atoms with Gasteiger partial charge in [-0.2, -0.15) is 4.98 Å². The highest BCUT2D eigenvalue weighted by Crippen LogP contribution is 2.32. The van der Waals surface area contributed by atoms with Crippen molar-refractivity contribution in [3.63, 3.8) is 0 Å². The fourth-order valence-corrected chi connectivity index (χ4v) is 2.82. The van der Waals surface area contributed by atoms with Crippen LogP contribution in [0.2, 0.25) is 0 Å². The molecule has 7 nitrogen and oxygen atoms in total. The zero-order chi connectivity index (χ0) is 18.3. The Morgan fingerprint density at radius 3 is 2.44 bits per heavy atom. The minimum Gasteiger partial charge on any atom is -0.336 e. The quantitative estimate of drug-likeness (QED) is 0.559. The van der Waals surface area contributed by atoms with Gasteiger partial charge in [0, 0.05) is 17.8 Å². The normalized spacial score (nSPS) is 11.1. The number of aromatic nitrogens is 4. The number of fused-ring (bicyclic) bond motifs is 1. The van der Waals surface area contributed by atoms with Crippen LogP contribution in [0.15, 0.2) is 39.4 Å². The van der Waals surface area contributed by atoms with Crippen LogP contribution in [0.25, 0.3) is 33.9 Å². The number of nitrogens with two attached hydrogens (primary N) is 1. The van der Waals surface area contributed by atoms with Crippen LogP contribution in [-0.4, -0.2) is 20.3 Å². The molecule has 0 aliphatic heterocycles. The van der Waals surface area contributed by atoms with Gasteiger partial charge >= 0.3 is 0 Å². The molecule has 0 fully saturated rings. The molecule has 0 saturated heterocycles. The fraction of sp³-hybridized carbons (Fsp3) is 0.263. The van der Waals surface area contributed by atoms with Crippen LogP contribution in [-0.2, 0) is 6.54 Å². The van der Waals surface area contributed by atoms with Crippen molar-refractivity contribution in [2.75, 3.05) is 0 Å². The van der Waals surface area contributed by atoms with Gasteiger partial charge in [0.05, 0.1) is 16.6 Å². The van der Waals surface area contributed by atoms with E-state index in [1.807, 2.05) is 37.3 Å². The van der Waals surface area contributed by atoms with E-state index in [1.54, 1.807) is 0 Å². The molecule has 0 aliphatic rings. The summed E-state index contributed by atoms with van der Waals surface area (Å²) >= 11 is 0. The van der Waals surface area contributed by atoms with E-state index in [0.717, 1.165) is 33.5 Å². The molecule has 3 aromatic heterocycles. The minimum atomic E-state index is 0. The summed E-state index contributed by atoms with van der Waals surface area (Å²) in [4.78, 5) is 9.11. The largest absolute Gasteiger partial charge is 0.336 e. The lowest BCUT2D eigenvalue weighted by Crippen LogP contribution is -1.95. The first-order chi connectivity index (χ1) is 12.6. The maximum absolute atomic E-state index is 5.64. The third-order valence-corrected chi connectivity index (χ3v) is 4.33. The zero-order valence-corrected chi connectivity index (χ0v) is 16.1. The van der Waals surface area contributed by atoms with Crippen LogP contribution in [0, 0.1) is 6.92 Å². The van der Waals surface area contributed by atoms with Gasteiger partial charge in [0.1, 0.15) is 0 Å². The summed E-state index contributed by atoms with van der Waals surface area (Å²) in [5.74, 6) is 1.17. The van der Waals surface area contributed by atoms with E-state index in [0.29, 0.717) is 24.0 Å². The maximum Gasteiger partial charge on any atom is 0.259 e. The van der Waals surface area contributed by atoms with E-state index < -0.39 is 0 Å². The summed E-state index contributed by atoms with van der Waals surface area (Å²) in [7, 11) is 0. The van der Waals surface area contributed by atoms with Crippen LogP contribution in [0.1, 0.15) is 36.7 Å². The Kier molecular flexibility index (Phi) is 5.25. The number of halogens is 1. The molecule has 140 valence electrons. The average molecular weight is 386 g/mol. The van der Waals surface area contributed by atoms with Crippen LogP contribution < -0.4 is 5.73 Å². The summed E-state index contributed by atoms with van der Waals surface area (Å²) in [6, 6.07) is 9.74. The second kappa shape index (κ2) is 7.46. The molecule has 0 bridgehead atoms. The van der Waals surface area contributed by atoms with Crippen LogP contribution in [0.3, 0.4) is 0 Å². The maximum atomic E-state index is 5.64. The highest BCUT2D eigenvalue weighted by molar-refractivity contribution is 5.91. The summed E-state index contributed by atoms with van der Waals surface area (Å²) < 4.78 is 10.9. The summed E-state index contributed by atoms with van der Waals surface area (Å²) in [6.07, 6.45) is 0. The topological polar surface area (TPSA) is 104 Å². The first kappa shape index (κ1) is 19.0. The Morgan fingerprint density at radius 1 is 1.04 bits per heavy atom. The van der Waals surface area contributed by atoms with E-state index >= 15 is 0 Å². The molecule has 4 aromatic rings. The third kappa shape index (κ3) is 3.43. The van der Waals surface area contributed by atoms with Crippen molar-refractivity contribution in [2.24, 2.45) is 5.73 Å². The molecule has 0 radical (unpaired) electrons. The number of benzene rings is 1. The number of nitrogens with zero attached hydrogens (tertiary/aromatic N) is 4. The van der Waals surface area contributed by atoms with Crippen molar-refractivity contribution in [1.29, 1.82) is 0 Å². The third-order valence-electron chi connectivity index (χ3n) is 4.33. The molecule has 0 saturated carbocycles. The predicted molar refractivity (Wildman–Crippen MR) is 104 cm³/mol. The SMILES string of the molecule is Cc1noc2nc(C(C)C)cc(-c3nc(-c4ccc(CN)cc4)no3)c12.Cl. The lowest BCUT2D eigenvalue weighted by Gasteiger charge is -2.05. The lowest BCUT2D eigenvalue weighted by molar-refractivity contribution is 0.432. The van der Waals surface area contributed by atoms with E-state index in [-0.39, 0.29) is 18.3 Å². The first-order valence-corrected chi connectivity index (χ1v) is 8.47.